The Labute approximate surface area is 287 Å². The number of aryl methyl sites for hydroxylation is 3. The summed E-state index contributed by atoms with van der Waals surface area (Å²) in [5.74, 6) is 12.4. The molecule has 226 valence electrons. The molecule has 0 aliphatic carbocycles. The Balaban J connectivity index is 1.24. The summed E-state index contributed by atoms with van der Waals surface area (Å²) in [6.45, 7) is 6.55. The Morgan fingerprint density at radius 3 is 1.28 bits per heavy atom. The van der Waals surface area contributed by atoms with Gasteiger partial charge in [0.2, 0.25) is 0 Å². The number of benzene rings is 1. The molecule has 5 nitrogen and oxygen atoms in total. The summed E-state index contributed by atoms with van der Waals surface area (Å²) in [5, 5.41) is 18.2. The highest BCUT2D eigenvalue weighted by Gasteiger charge is 2.25. The molecule has 0 saturated heterocycles. The molecule has 6 aromatic heterocycles. The smallest absolute Gasteiger partial charge is 0.0995 e. The van der Waals surface area contributed by atoms with E-state index in [9.17, 15) is 0 Å². The van der Waals surface area contributed by atoms with Crippen LogP contribution in [0.5, 0.6) is 0 Å². The van der Waals surface area contributed by atoms with Crippen LogP contribution in [0.15, 0.2) is 70.9 Å². The van der Waals surface area contributed by atoms with E-state index in [1.807, 2.05) is 40.1 Å². The van der Waals surface area contributed by atoms with E-state index >= 15 is 0 Å². The molecule has 0 unspecified atom stereocenters. The van der Waals surface area contributed by atoms with Crippen LogP contribution in [0.2, 0.25) is 0 Å². The van der Waals surface area contributed by atoms with E-state index in [1.165, 1.54) is 75.2 Å². The van der Waals surface area contributed by atoms with Gasteiger partial charge in [-0.05, 0) is 92.6 Å². The number of rotatable bonds is 4. The van der Waals surface area contributed by atoms with Crippen LogP contribution in [0.4, 0.5) is 5.00 Å². The van der Waals surface area contributed by atoms with Gasteiger partial charge in [-0.3, -0.25) is 0 Å². The number of nitrogens with two attached hydrogens (primary N) is 3. The van der Waals surface area contributed by atoms with Crippen molar-refractivity contribution in [1.29, 1.82) is 0 Å². The van der Waals surface area contributed by atoms with Crippen molar-refractivity contribution in [3.05, 3.63) is 87.4 Å². The zero-order valence-corrected chi connectivity index (χ0v) is 29.7. The van der Waals surface area contributed by atoms with E-state index in [1.54, 1.807) is 34.0 Å². The summed E-state index contributed by atoms with van der Waals surface area (Å²) in [7, 11) is 0. The van der Waals surface area contributed by atoms with Crippen LogP contribution in [0, 0.1) is 20.8 Å². The van der Waals surface area contributed by atoms with Crippen LogP contribution in [-0.4, -0.2) is 0 Å². The molecule has 6 N–H and O–H groups in total. The van der Waals surface area contributed by atoms with Gasteiger partial charge in [0.1, 0.15) is 0 Å². The number of nitrogens with zero attached hydrogens (tertiary/aromatic N) is 2. The topological polar surface area (TPSA) is 103 Å². The minimum Gasteiger partial charge on any atom is -0.391 e. The van der Waals surface area contributed by atoms with Gasteiger partial charge >= 0.3 is 0 Å². The predicted octanol–water partition coefficient (Wildman–Crippen LogP) is 10.3. The molecular weight excluding hydrogens is 683 g/mol. The molecule has 9 aromatic rings. The number of nitrogen functional groups attached to an aromatic ring is 1. The highest BCUT2D eigenvalue weighted by molar-refractivity contribution is 7.30. The highest BCUT2D eigenvalue weighted by Crippen LogP contribution is 2.48. The summed E-state index contributed by atoms with van der Waals surface area (Å²) in [6.07, 6.45) is 0. The Bertz CT molecular complexity index is 2590. The lowest BCUT2D eigenvalue weighted by atomic mass is 9.98. The Morgan fingerprint density at radius 1 is 0.457 bits per heavy atom. The summed E-state index contributed by atoms with van der Waals surface area (Å²) >= 11 is 10.7. The first-order valence-corrected chi connectivity index (χ1v) is 19.4. The summed E-state index contributed by atoms with van der Waals surface area (Å²) in [6, 6.07) is 21.8. The van der Waals surface area contributed by atoms with Crippen molar-refractivity contribution < 1.29 is 0 Å². The fourth-order valence-corrected chi connectivity index (χ4v) is 13.2. The molecule has 0 aliphatic heterocycles. The number of hydrogen-bond acceptors (Lipinski definition) is 11. The average Bonchev–Trinajstić information content (AvgIpc) is 3.86. The first kappa shape index (κ1) is 28.4. The molecule has 0 atom stereocenters. The van der Waals surface area contributed by atoms with Crippen LogP contribution >= 0.6 is 68.0 Å². The van der Waals surface area contributed by atoms with E-state index < -0.39 is 0 Å². The molecule has 0 aliphatic rings. The van der Waals surface area contributed by atoms with E-state index in [0.717, 1.165) is 37.3 Å². The van der Waals surface area contributed by atoms with Gasteiger partial charge in [-0.2, -0.15) is 10.2 Å². The van der Waals surface area contributed by atoms with Gasteiger partial charge in [-0.1, -0.05) is 0 Å². The maximum atomic E-state index is 6.19. The third-order valence-corrected chi connectivity index (χ3v) is 15.9. The van der Waals surface area contributed by atoms with Gasteiger partial charge in [-0.25, -0.2) is 0 Å². The minimum absolute atomic E-state index is 0.828. The SMILES string of the molecule is Cc1ccc(-c2ccc(-c3cc4/c(=N\N)c5c(C)c6c(c(C)c5c4s3)/c(=N/N)c3cc(-c4ccc(-c5ccc(N)s5)s4)sc36)s2)s1. The standard InChI is InChI=1S/C35H25N5S6/c1-14-4-5-19(41-14)20-6-8-23(42-20)25-12-17-32(39-37)28-16(3)31-29(15(2)30(28)34(17)45-25)33(40-38)18-13-26(46-35(18)31)24-9-7-21(43-24)22-10-11-27(36)44-22/h4-13H,36-38H2,1-3H3/b39-32+,40-33+. The Kier molecular flexibility index (Phi) is 6.38. The van der Waals surface area contributed by atoms with Crippen molar-refractivity contribution in [1.82, 2.24) is 0 Å². The Hall–Kier alpha value is -3.84. The second kappa shape index (κ2) is 10.3. The van der Waals surface area contributed by atoms with Gasteiger partial charge in [0.25, 0.3) is 0 Å². The number of fused-ring (bicyclic) bond motifs is 6. The Morgan fingerprint density at radius 2 is 0.870 bits per heavy atom. The predicted molar refractivity (Wildman–Crippen MR) is 206 cm³/mol. The second-order valence-electron chi connectivity index (χ2n) is 11.4. The van der Waals surface area contributed by atoms with Gasteiger partial charge in [-0.15, -0.1) is 68.0 Å². The molecule has 0 fully saturated rings. The van der Waals surface area contributed by atoms with Crippen molar-refractivity contribution in [2.45, 2.75) is 20.8 Å². The van der Waals surface area contributed by atoms with Gasteiger partial charge in [0.05, 0.1) is 15.7 Å². The zero-order chi connectivity index (χ0) is 31.4. The van der Waals surface area contributed by atoms with Crippen LogP contribution in [-0.2, 0) is 0 Å². The van der Waals surface area contributed by atoms with Gasteiger partial charge in [0, 0.05) is 85.6 Å². The maximum absolute atomic E-state index is 6.19. The van der Waals surface area contributed by atoms with Crippen molar-refractivity contribution in [2.24, 2.45) is 21.9 Å². The lowest BCUT2D eigenvalue weighted by Gasteiger charge is -2.07. The summed E-state index contributed by atoms with van der Waals surface area (Å²) < 4.78 is 2.42. The van der Waals surface area contributed by atoms with Crippen LogP contribution in [0.25, 0.3) is 80.7 Å². The lowest BCUT2D eigenvalue weighted by molar-refractivity contribution is 1.17. The summed E-state index contributed by atoms with van der Waals surface area (Å²) in [5.41, 5.74) is 8.35. The molecule has 6 heterocycles. The van der Waals surface area contributed by atoms with E-state index in [2.05, 4.69) is 85.6 Å². The molecule has 0 bridgehead atoms. The first-order chi connectivity index (χ1) is 22.3. The molecule has 0 amide bonds. The fourth-order valence-electron chi connectivity index (χ4n) is 6.70. The minimum atomic E-state index is 0.828. The number of anilines is 1. The van der Waals surface area contributed by atoms with Crippen molar-refractivity contribution in [3.63, 3.8) is 0 Å². The molecule has 0 spiro atoms. The van der Waals surface area contributed by atoms with E-state index in [0.29, 0.717) is 0 Å². The summed E-state index contributed by atoms with van der Waals surface area (Å²) in [4.78, 5) is 11.3. The average molecular weight is 708 g/mol. The molecule has 9 rings (SSSR count). The highest BCUT2D eigenvalue weighted by atomic mass is 32.1. The van der Waals surface area contributed by atoms with Gasteiger partial charge in [0.15, 0.2) is 0 Å². The van der Waals surface area contributed by atoms with Crippen LogP contribution < -0.4 is 28.1 Å². The van der Waals surface area contributed by atoms with Crippen molar-refractivity contribution >= 4 is 115 Å². The number of thiophene rings is 6. The largest absolute Gasteiger partial charge is 0.391 e. The third-order valence-electron chi connectivity index (χ3n) is 8.71. The molecule has 11 heteroatoms. The molecule has 0 radical (unpaired) electrons. The fraction of sp³-hybridized carbons (Fsp3) is 0.0857. The van der Waals surface area contributed by atoms with E-state index in [-0.39, 0.29) is 0 Å². The number of hydrogen-bond donors (Lipinski definition) is 3. The molecule has 46 heavy (non-hydrogen) atoms. The van der Waals surface area contributed by atoms with Gasteiger partial charge < -0.3 is 17.4 Å². The zero-order valence-electron chi connectivity index (χ0n) is 24.8. The monoisotopic (exact) mass is 707 g/mol. The lowest BCUT2D eigenvalue weighted by Crippen LogP contribution is -2.07. The van der Waals surface area contributed by atoms with Crippen molar-refractivity contribution in [3.8, 4) is 39.0 Å². The second-order valence-corrected chi connectivity index (χ2v) is 18.0. The molecule has 3 aromatic carbocycles. The quantitative estimate of drug-likeness (QED) is 0.125. The van der Waals surface area contributed by atoms with Crippen LogP contribution in [0.3, 0.4) is 0 Å². The molecular formula is C35H25N5S6. The van der Waals surface area contributed by atoms with E-state index in [4.69, 9.17) is 17.4 Å². The molecule has 0 saturated carbocycles. The third kappa shape index (κ3) is 3.99. The first-order valence-electron chi connectivity index (χ1n) is 14.5. The maximum Gasteiger partial charge on any atom is 0.0995 e. The van der Waals surface area contributed by atoms with Crippen LogP contribution in [0.1, 0.15) is 16.0 Å². The van der Waals surface area contributed by atoms with Crippen molar-refractivity contribution in [2.75, 3.05) is 5.73 Å². The normalized spacial score (nSPS) is 13.2.